The van der Waals surface area contributed by atoms with Crippen molar-refractivity contribution < 1.29 is 28.6 Å². The van der Waals surface area contributed by atoms with Crippen LogP contribution in [0.3, 0.4) is 0 Å². The molecule has 0 spiro atoms. The molecule has 38 heavy (non-hydrogen) atoms. The second kappa shape index (κ2) is 11.9. The van der Waals surface area contributed by atoms with Gasteiger partial charge in [-0.15, -0.1) is 0 Å². The molecule has 10 nitrogen and oxygen atoms in total. The number of hydrogen-bond donors (Lipinski definition) is 2. The van der Waals surface area contributed by atoms with Crippen LogP contribution in [0.2, 0.25) is 0 Å². The molecule has 5 atom stereocenters. The van der Waals surface area contributed by atoms with Crippen molar-refractivity contribution in [2.24, 2.45) is 34.1 Å². The van der Waals surface area contributed by atoms with E-state index in [1.54, 1.807) is 13.8 Å². The second-order valence-corrected chi connectivity index (χ2v) is 12.6. The largest absolute Gasteiger partial charge is 0.447 e. The number of Topliss-reactive ketones (excluding diaryl/α,β-unsaturated/α-hetero) is 1. The number of nitrogens with one attached hydrogen (secondary N) is 2. The lowest BCUT2D eigenvalue weighted by Crippen LogP contribution is -2.54. The van der Waals surface area contributed by atoms with Gasteiger partial charge in [0.1, 0.15) is 18.7 Å². The van der Waals surface area contributed by atoms with E-state index in [4.69, 9.17) is 19.2 Å². The Balaban J connectivity index is 1.57. The molecular formula is C28H46N4O6. The predicted octanol–water partition coefficient (Wildman–Crippen LogP) is 2.75. The molecule has 2 saturated heterocycles. The zero-order valence-electron chi connectivity index (χ0n) is 23.8. The highest BCUT2D eigenvalue weighted by Gasteiger charge is 2.53. The van der Waals surface area contributed by atoms with Gasteiger partial charge in [0.15, 0.2) is 5.78 Å². The highest BCUT2D eigenvalue weighted by atomic mass is 16.6. The number of rotatable bonds is 7. The average molecular weight is 535 g/mol. The lowest BCUT2D eigenvalue weighted by Gasteiger charge is -2.59. The molecule has 5 fully saturated rings. The molecule has 3 aliphatic carbocycles. The Hall–Kier alpha value is -2.20. The third-order valence-electron chi connectivity index (χ3n) is 8.96. The van der Waals surface area contributed by atoms with Crippen LogP contribution >= 0.6 is 0 Å². The topological polar surface area (TPSA) is 119 Å². The number of hydrogen-bond acceptors (Lipinski definition) is 7. The first-order valence-electron chi connectivity index (χ1n) is 14.3. The van der Waals surface area contributed by atoms with Gasteiger partial charge in [-0.25, -0.2) is 9.79 Å². The van der Waals surface area contributed by atoms with Gasteiger partial charge in [-0.1, -0.05) is 27.7 Å². The molecular weight excluding hydrogens is 488 g/mol. The molecule has 0 aromatic carbocycles. The molecule has 0 aromatic heterocycles. The minimum absolute atomic E-state index is 0.00439. The monoisotopic (exact) mass is 534 g/mol. The number of fused-ring (bicyclic) bond motifs is 2. The van der Waals surface area contributed by atoms with Crippen molar-refractivity contribution in [1.29, 1.82) is 0 Å². The van der Waals surface area contributed by atoms with Crippen molar-refractivity contribution in [3.63, 3.8) is 0 Å². The zero-order valence-corrected chi connectivity index (χ0v) is 23.8. The first kappa shape index (κ1) is 28.8. The average Bonchev–Trinajstić information content (AvgIpc) is 3.23. The number of nitrogens with zero attached hydrogens (tertiary/aromatic N) is 2. The number of carbonyl (C=O) groups excluding carboxylic acids is 3. The van der Waals surface area contributed by atoms with E-state index in [1.807, 2.05) is 18.7 Å². The molecule has 5 unspecified atom stereocenters. The van der Waals surface area contributed by atoms with Crippen molar-refractivity contribution in [2.45, 2.75) is 91.5 Å². The van der Waals surface area contributed by atoms with Crippen molar-refractivity contribution in [3.8, 4) is 0 Å². The number of alkyl carbamates (subject to hydrolysis) is 1. The smallest absolute Gasteiger partial charge is 0.414 e. The number of aliphatic imine (C=N–C) groups is 1. The molecule has 5 rings (SSSR count). The number of amides is 2. The van der Waals surface area contributed by atoms with Gasteiger partial charge in [0, 0.05) is 13.1 Å². The number of carbonyl (C=O) groups is 3. The lowest BCUT2D eigenvalue weighted by atomic mass is 9.46. The van der Waals surface area contributed by atoms with E-state index in [0.29, 0.717) is 61.9 Å². The Labute approximate surface area is 226 Å². The van der Waals surface area contributed by atoms with Crippen molar-refractivity contribution in [2.75, 3.05) is 32.9 Å². The van der Waals surface area contributed by atoms with Crippen LogP contribution in [0.25, 0.3) is 0 Å². The van der Waals surface area contributed by atoms with Gasteiger partial charge in [0.05, 0.1) is 25.4 Å². The highest BCUT2D eigenvalue weighted by Crippen LogP contribution is 2.61. The summed E-state index contributed by atoms with van der Waals surface area (Å²) >= 11 is 0. The fourth-order valence-corrected chi connectivity index (χ4v) is 6.54. The van der Waals surface area contributed by atoms with Crippen molar-refractivity contribution >= 4 is 23.7 Å². The highest BCUT2D eigenvalue weighted by molar-refractivity contribution is 5.97. The molecule has 3 saturated carbocycles. The minimum Gasteiger partial charge on any atom is -0.447 e. The SMILES string of the molecule is CC(C)OC(=O)NC(=NC(CC1CC2CC(C1)C2(C)C)C(=O)NC1C(=O)COC1C(C)C)N1CCOCC1. The van der Waals surface area contributed by atoms with E-state index >= 15 is 0 Å². The Morgan fingerprint density at radius 2 is 1.76 bits per heavy atom. The Bertz CT molecular complexity index is 899. The maximum atomic E-state index is 13.8. The third kappa shape index (κ3) is 6.50. The molecule has 2 amide bonds. The predicted molar refractivity (Wildman–Crippen MR) is 143 cm³/mol. The molecule has 214 valence electrons. The van der Waals surface area contributed by atoms with E-state index in [2.05, 4.69) is 24.5 Å². The van der Waals surface area contributed by atoms with Crippen LogP contribution in [0.15, 0.2) is 4.99 Å². The van der Waals surface area contributed by atoms with E-state index < -0.39 is 18.2 Å². The third-order valence-corrected chi connectivity index (χ3v) is 8.96. The molecule has 2 N–H and O–H groups in total. The van der Waals surface area contributed by atoms with Crippen LogP contribution in [-0.2, 0) is 23.8 Å². The summed E-state index contributed by atoms with van der Waals surface area (Å²) in [5.41, 5.74) is 0.358. The van der Waals surface area contributed by atoms with E-state index in [-0.39, 0.29) is 36.4 Å². The van der Waals surface area contributed by atoms with Gasteiger partial charge in [-0.2, -0.15) is 0 Å². The van der Waals surface area contributed by atoms with Gasteiger partial charge in [-0.3, -0.25) is 14.9 Å². The Morgan fingerprint density at radius 1 is 1.11 bits per heavy atom. The van der Waals surface area contributed by atoms with Crippen LogP contribution in [0.1, 0.15) is 67.2 Å². The van der Waals surface area contributed by atoms with Gasteiger partial charge in [-0.05, 0) is 68.6 Å². The second-order valence-electron chi connectivity index (χ2n) is 12.6. The van der Waals surface area contributed by atoms with Crippen LogP contribution in [0.5, 0.6) is 0 Å². The van der Waals surface area contributed by atoms with E-state index in [0.717, 1.165) is 12.8 Å². The number of ether oxygens (including phenoxy) is 3. The maximum Gasteiger partial charge on any atom is 0.414 e. The van der Waals surface area contributed by atoms with E-state index in [1.165, 1.54) is 6.42 Å². The van der Waals surface area contributed by atoms with Gasteiger partial charge >= 0.3 is 6.09 Å². The summed E-state index contributed by atoms with van der Waals surface area (Å²) in [6, 6.07) is -1.44. The first-order valence-corrected chi connectivity index (χ1v) is 14.3. The molecule has 5 aliphatic rings. The van der Waals surface area contributed by atoms with Gasteiger partial charge in [0.2, 0.25) is 11.9 Å². The fraction of sp³-hybridized carbons (Fsp3) is 0.857. The quantitative estimate of drug-likeness (QED) is 0.381. The van der Waals surface area contributed by atoms with Crippen LogP contribution in [-0.4, -0.2) is 85.8 Å². The van der Waals surface area contributed by atoms with Crippen LogP contribution in [0.4, 0.5) is 4.79 Å². The number of guanidine groups is 1. The summed E-state index contributed by atoms with van der Waals surface area (Å²) in [5, 5.41) is 5.76. The van der Waals surface area contributed by atoms with Crippen LogP contribution in [0, 0.1) is 29.1 Å². The summed E-state index contributed by atoms with van der Waals surface area (Å²) in [7, 11) is 0. The molecule has 2 heterocycles. The fourth-order valence-electron chi connectivity index (χ4n) is 6.54. The Kier molecular flexibility index (Phi) is 9.02. The normalized spacial score (nSPS) is 31.7. The molecule has 2 aliphatic heterocycles. The molecule has 0 radical (unpaired) electrons. The van der Waals surface area contributed by atoms with Gasteiger partial charge in [0.25, 0.3) is 0 Å². The summed E-state index contributed by atoms with van der Waals surface area (Å²) in [5.74, 6) is 1.65. The molecule has 0 aromatic rings. The minimum atomic E-state index is -0.751. The van der Waals surface area contributed by atoms with E-state index in [9.17, 15) is 14.4 Å². The first-order chi connectivity index (χ1) is 18.0. The maximum absolute atomic E-state index is 13.8. The zero-order chi connectivity index (χ0) is 27.6. The summed E-state index contributed by atoms with van der Waals surface area (Å²) in [6.45, 7) is 14.3. The van der Waals surface area contributed by atoms with Gasteiger partial charge < -0.3 is 24.4 Å². The number of ketones is 1. The summed E-state index contributed by atoms with van der Waals surface area (Å²) in [4.78, 5) is 45.7. The van der Waals surface area contributed by atoms with Crippen LogP contribution < -0.4 is 10.6 Å². The number of morpholine rings is 1. The van der Waals surface area contributed by atoms with Crippen molar-refractivity contribution in [1.82, 2.24) is 15.5 Å². The lowest BCUT2D eigenvalue weighted by molar-refractivity contribution is -0.128. The Morgan fingerprint density at radius 3 is 2.34 bits per heavy atom. The molecule has 10 heteroatoms. The van der Waals surface area contributed by atoms with Crippen molar-refractivity contribution in [3.05, 3.63) is 0 Å². The summed E-state index contributed by atoms with van der Waals surface area (Å²) < 4.78 is 16.5. The molecule has 2 bridgehead atoms. The standard InChI is InChI=1S/C28H46N4O6/c1-16(2)24-23(22(33)15-37-24)30-25(34)21(13-18-11-19-14-20(12-18)28(19,5)6)29-26(31-27(35)38-17(3)4)32-7-9-36-10-8-32/h16-21,23-24H,7-15H2,1-6H3,(H,30,34)(H,29,31,35). The summed E-state index contributed by atoms with van der Waals surface area (Å²) in [6.07, 6.45) is 2.70.